The van der Waals surface area contributed by atoms with Gasteiger partial charge in [-0.05, 0) is 84.8 Å². The minimum Gasteiger partial charge on any atom is -0.357 e. The third-order valence-corrected chi connectivity index (χ3v) is 6.12. The number of nitrogens with zero attached hydrogens (tertiary/aromatic N) is 2. The Morgan fingerprint density at radius 1 is 1.14 bits per heavy atom. The molecule has 1 aliphatic carbocycles. The number of rotatable bonds is 8. The number of hydrogen-bond donors (Lipinski definition) is 3. The lowest BCUT2D eigenvalue weighted by atomic mass is 9.85. The predicted molar refractivity (Wildman–Crippen MR) is 118 cm³/mol. The Bertz CT molecular complexity index is 485. The van der Waals surface area contributed by atoms with E-state index >= 15 is 0 Å². The smallest absolute Gasteiger partial charge is 0.223 e. The van der Waals surface area contributed by atoms with E-state index in [1.807, 2.05) is 13.8 Å². The van der Waals surface area contributed by atoms with Crippen molar-refractivity contribution in [3.05, 3.63) is 0 Å². The van der Waals surface area contributed by atoms with Crippen molar-refractivity contribution in [2.45, 2.75) is 84.7 Å². The molecule has 1 saturated heterocycles. The summed E-state index contributed by atoms with van der Waals surface area (Å²) in [6, 6.07) is 0.547. The number of nitrogens with one attached hydrogen (secondary N) is 3. The van der Waals surface area contributed by atoms with Gasteiger partial charge in [0, 0.05) is 31.1 Å². The molecule has 1 heterocycles. The van der Waals surface area contributed by atoms with Crippen LogP contribution in [-0.2, 0) is 4.79 Å². The van der Waals surface area contributed by atoms with Crippen LogP contribution in [0.2, 0.25) is 0 Å². The fourth-order valence-corrected chi connectivity index (χ4v) is 4.43. The van der Waals surface area contributed by atoms with Crippen molar-refractivity contribution >= 4 is 11.9 Å². The maximum Gasteiger partial charge on any atom is 0.223 e. The molecule has 2 fully saturated rings. The Balaban J connectivity index is 1.79. The van der Waals surface area contributed by atoms with E-state index in [4.69, 9.17) is 4.99 Å². The Labute approximate surface area is 172 Å². The zero-order chi connectivity index (χ0) is 20.4. The zero-order valence-electron chi connectivity index (χ0n) is 18.6. The first-order valence-electron chi connectivity index (χ1n) is 11.6. The lowest BCUT2D eigenvalue weighted by molar-refractivity contribution is -0.126. The van der Waals surface area contributed by atoms with E-state index in [2.05, 4.69) is 34.7 Å². The van der Waals surface area contributed by atoms with Gasteiger partial charge in [-0.3, -0.25) is 9.79 Å². The van der Waals surface area contributed by atoms with Crippen LogP contribution in [0.4, 0.5) is 0 Å². The van der Waals surface area contributed by atoms with E-state index in [1.54, 1.807) is 0 Å². The van der Waals surface area contributed by atoms with Gasteiger partial charge in [0.2, 0.25) is 5.91 Å². The molecule has 6 nitrogen and oxygen atoms in total. The van der Waals surface area contributed by atoms with Crippen molar-refractivity contribution in [1.29, 1.82) is 0 Å². The normalized spacial score (nSPS) is 25.0. The van der Waals surface area contributed by atoms with Crippen molar-refractivity contribution in [3.63, 3.8) is 0 Å². The molecule has 0 aromatic rings. The molecule has 2 rings (SSSR count). The highest BCUT2D eigenvalue weighted by Crippen LogP contribution is 2.25. The second kappa shape index (κ2) is 12.3. The van der Waals surface area contributed by atoms with Gasteiger partial charge in [0.25, 0.3) is 0 Å². The molecule has 1 aliphatic heterocycles. The Morgan fingerprint density at radius 2 is 1.89 bits per heavy atom. The summed E-state index contributed by atoms with van der Waals surface area (Å²) in [5.74, 6) is 2.07. The number of carbonyl (C=O) groups is 1. The van der Waals surface area contributed by atoms with Gasteiger partial charge < -0.3 is 20.9 Å². The molecule has 6 heteroatoms. The molecule has 2 atom stereocenters. The largest absolute Gasteiger partial charge is 0.357 e. The first-order valence-corrected chi connectivity index (χ1v) is 11.6. The van der Waals surface area contributed by atoms with Crippen molar-refractivity contribution < 1.29 is 4.79 Å². The molecule has 0 bridgehead atoms. The fourth-order valence-electron chi connectivity index (χ4n) is 4.43. The number of hydrogen-bond acceptors (Lipinski definition) is 3. The van der Waals surface area contributed by atoms with E-state index in [0.717, 1.165) is 50.7 Å². The van der Waals surface area contributed by atoms with Gasteiger partial charge >= 0.3 is 0 Å². The Hall–Kier alpha value is -1.30. The van der Waals surface area contributed by atoms with Crippen LogP contribution >= 0.6 is 0 Å². The van der Waals surface area contributed by atoms with E-state index in [1.165, 1.54) is 38.9 Å². The molecule has 1 amide bonds. The van der Waals surface area contributed by atoms with Gasteiger partial charge in [-0.2, -0.15) is 0 Å². The van der Waals surface area contributed by atoms with Crippen molar-refractivity contribution in [2.75, 3.05) is 32.7 Å². The summed E-state index contributed by atoms with van der Waals surface area (Å²) < 4.78 is 0. The highest BCUT2D eigenvalue weighted by atomic mass is 16.1. The number of guanidine groups is 1. The number of amides is 1. The summed E-state index contributed by atoms with van der Waals surface area (Å²) in [5.41, 5.74) is 0. The van der Waals surface area contributed by atoms with Crippen LogP contribution in [0, 0.1) is 11.8 Å². The van der Waals surface area contributed by atoms with Crippen LogP contribution in [-0.4, -0.2) is 61.6 Å². The maximum absolute atomic E-state index is 12.4. The molecule has 0 spiro atoms. The SMILES string of the molecule is CCNC(=NCCC1CCN(CC)CC1)NC1CCCC(C(=O)NC(C)C)C1. The highest BCUT2D eigenvalue weighted by molar-refractivity contribution is 5.81. The third kappa shape index (κ3) is 7.98. The summed E-state index contributed by atoms with van der Waals surface area (Å²) >= 11 is 0. The van der Waals surface area contributed by atoms with Crippen LogP contribution in [0.5, 0.6) is 0 Å². The lowest BCUT2D eigenvalue weighted by Crippen LogP contribution is -2.47. The molecule has 28 heavy (non-hydrogen) atoms. The molecular weight excluding hydrogens is 350 g/mol. The van der Waals surface area contributed by atoms with Crippen LogP contribution < -0.4 is 16.0 Å². The number of aliphatic imine (C=N–C) groups is 1. The van der Waals surface area contributed by atoms with Gasteiger partial charge in [-0.1, -0.05) is 13.3 Å². The molecule has 0 radical (unpaired) electrons. The van der Waals surface area contributed by atoms with Crippen LogP contribution in [0.3, 0.4) is 0 Å². The number of likely N-dealkylation sites (tertiary alicyclic amines) is 1. The van der Waals surface area contributed by atoms with Crippen molar-refractivity contribution in [3.8, 4) is 0 Å². The minimum atomic E-state index is 0.125. The average molecular weight is 394 g/mol. The van der Waals surface area contributed by atoms with Crippen LogP contribution in [0.15, 0.2) is 4.99 Å². The Morgan fingerprint density at radius 3 is 2.54 bits per heavy atom. The molecule has 1 saturated carbocycles. The molecule has 3 N–H and O–H groups in total. The second-order valence-corrected chi connectivity index (χ2v) is 8.80. The monoisotopic (exact) mass is 393 g/mol. The van der Waals surface area contributed by atoms with Gasteiger partial charge in [0.1, 0.15) is 0 Å². The summed E-state index contributed by atoms with van der Waals surface area (Å²) in [5, 5.41) is 10.1. The van der Waals surface area contributed by atoms with Crippen LogP contribution in [0.1, 0.15) is 72.6 Å². The lowest BCUT2D eigenvalue weighted by Gasteiger charge is -2.31. The zero-order valence-corrected chi connectivity index (χ0v) is 18.6. The molecule has 2 aliphatic rings. The summed E-state index contributed by atoms with van der Waals surface area (Å²) in [7, 11) is 0. The summed E-state index contributed by atoms with van der Waals surface area (Å²) in [6.07, 6.45) is 7.91. The molecule has 0 aromatic carbocycles. The summed E-state index contributed by atoms with van der Waals surface area (Å²) in [6.45, 7) is 13.8. The second-order valence-electron chi connectivity index (χ2n) is 8.80. The molecule has 0 aromatic heterocycles. The van der Waals surface area contributed by atoms with E-state index < -0.39 is 0 Å². The topological polar surface area (TPSA) is 68.8 Å². The molecular formula is C22H43N5O. The van der Waals surface area contributed by atoms with E-state index in [9.17, 15) is 4.79 Å². The van der Waals surface area contributed by atoms with Gasteiger partial charge in [-0.15, -0.1) is 0 Å². The number of piperidine rings is 1. The average Bonchev–Trinajstić information content (AvgIpc) is 2.68. The minimum absolute atomic E-state index is 0.125. The van der Waals surface area contributed by atoms with E-state index in [0.29, 0.717) is 6.04 Å². The first-order chi connectivity index (χ1) is 13.5. The van der Waals surface area contributed by atoms with Gasteiger partial charge in [0.05, 0.1) is 0 Å². The summed E-state index contributed by atoms with van der Waals surface area (Å²) in [4.78, 5) is 19.8. The molecule has 162 valence electrons. The van der Waals surface area contributed by atoms with E-state index in [-0.39, 0.29) is 17.9 Å². The fraction of sp³-hybridized carbons (Fsp3) is 0.909. The predicted octanol–water partition coefficient (Wildman–Crippen LogP) is 2.75. The van der Waals surface area contributed by atoms with Crippen molar-refractivity contribution in [1.82, 2.24) is 20.9 Å². The van der Waals surface area contributed by atoms with Crippen LogP contribution in [0.25, 0.3) is 0 Å². The Kier molecular flexibility index (Phi) is 10.1. The molecule has 2 unspecified atom stereocenters. The third-order valence-electron chi connectivity index (χ3n) is 6.12. The number of carbonyl (C=O) groups excluding carboxylic acids is 1. The first kappa shape index (κ1) is 23.0. The van der Waals surface area contributed by atoms with Gasteiger partial charge in [-0.25, -0.2) is 0 Å². The quantitative estimate of drug-likeness (QED) is 0.438. The standard InChI is InChI=1S/C22H43N5O/c1-5-23-22(24-13-10-18-11-14-27(6-2)15-12-18)26-20-9-7-8-19(16-20)21(28)25-17(3)4/h17-20H,5-16H2,1-4H3,(H,25,28)(H2,23,24,26). The van der Waals surface area contributed by atoms with Gasteiger partial charge in [0.15, 0.2) is 5.96 Å². The maximum atomic E-state index is 12.4. The highest BCUT2D eigenvalue weighted by Gasteiger charge is 2.28. The van der Waals surface area contributed by atoms with Crippen molar-refractivity contribution in [2.24, 2.45) is 16.8 Å².